The first-order valence-corrected chi connectivity index (χ1v) is 26.9. The standard InChI is InChI=1S/C59H90O10/c1-13-35-53(62-39-15-3)51(60-23-11)33-37-55(64-41-17-5,58(53,66-43-19-7)67-44-20-8)57(49-31-27-25-29-47(49)48-30-26-28-32-50(48)57)56(65-42-18-6)38-34-52(61-24-12)54(36-14-2,63-40-16-4)59(56,68-45-21-9)69-46-22-10/h23-34,37-38,51-52H,11-22,35-36,39-46H2,1-10H3. The lowest BCUT2D eigenvalue weighted by molar-refractivity contribution is -0.449. The van der Waals surface area contributed by atoms with Crippen LogP contribution in [0.25, 0.3) is 11.1 Å². The Labute approximate surface area is 417 Å². The van der Waals surface area contributed by atoms with E-state index in [1.807, 2.05) is 0 Å². The van der Waals surface area contributed by atoms with Crippen molar-refractivity contribution in [1.29, 1.82) is 0 Å². The summed E-state index contributed by atoms with van der Waals surface area (Å²) in [5, 5.41) is 0. The van der Waals surface area contributed by atoms with Crippen LogP contribution in [0.3, 0.4) is 0 Å². The van der Waals surface area contributed by atoms with E-state index in [2.05, 4.69) is 155 Å². The van der Waals surface area contributed by atoms with Gasteiger partial charge >= 0.3 is 0 Å². The number of hydrogen-bond acceptors (Lipinski definition) is 10. The van der Waals surface area contributed by atoms with Crippen LogP contribution < -0.4 is 0 Å². The highest BCUT2D eigenvalue weighted by Crippen LogP contribution is 2.73. The van der Waals surface area contributed by atoms with Crippen LogP contribution in [0.15, 0.2) is 98.5 Å². The van der Waals surface area contributed by atoms with Gasteiger partial charge in [-0.3, -0.25) is 0 Å². The summed E-state index contributed by atoms with van der Waals surface area (Å²) in [6.45, 7) is 32.3. The average molecular weight is 959 g/mol. The molecule has 0 saturated heterocycles. The highest BCUT2D eigenvalue weighted by atomic mass is 16.8. The Morgan fingerprint density at radius 1 is 0.406 bits per heavy atom. The molecule has 6 unspecified atom stereocenters. The minimum Gasteiger partial charge on any atom is -0.491 e. The third kappa shape index (κ3) is 9.15. The molecule has 69 heavy (non-hydrogen) atoms. The van der Waals surface area contributed by atoms with Crippen molar-refractivity contribution in [3.05, 3.63) is 110 Å². The fourth-order valence-corrected chi connectivity index (χ4v) is 12.0. The second-order valence-electron chi connectivity index (χ2n) is 18.8. The average Bonchev–Trinajstić information content (AvgIpc) is 3.68. The van der Waals surface area contributed by atoms with Crippen molar-refractivity contribution < 1.29 is 47.4 Å². The topological polar surface area (TPSA) is 92.3 Å². The van der Waals surface area contributed by atoms with E-state index in [1.54, 1.807) is 0 Å². The van der Waals surface area contributed by atoms with Crippen LogP contribution in [0.2, 0.25) is 0 Å². The van der Waals surface area contributed by atoms with Crippen molar-refractivity contribution in [3.63, 3.8) is 0 Å². The number of benzene rings is 2. The highest BCUT2D eigenvalue weighted by Gasteiger charge is 2.88. The predicted octanol–water partition coefficient (Wildman–Crippen LogP) is 13.5. The maximum absolute atomic E-state index is 8.17. The molecule has 386 valence electrons. The largest absolute Gasteiger partial charge is 0.491 e. The van der Waals surface area contributed by atoms with Crippen LogP contribution in [0.1, 0.15) is 157 Å². The fraction of sp³-hybridized carbons (Fsp3) is 0.661. The Hall–Kier alpha value is -3.32. The third-order valence-electron chi connectivity index (χ3n) is 14.1. The monoisotopic (exact) mass is 959 g/mol. The SMILES string of the molecule is C=COC1C=CC(OCCC)(C2(C3(OCCC)C=CC(OC=C)C(CCC)(OCCC)C3(OCCC)OCCC)c3ccccc3-c3ccccc32)C(OCCC)(OCCC)C1(CCC)OCCC. The predicted molar refractivity (Wildman–Crippen MR) is 277 cm³/mol. The lowest BCUT2D eigenvalue weighted by Crippen LogP contribution is -2.89. The maximum Gasteiger partial charge on any atom is 0.237 e. The zero-order valence-electron chi connectivity index (χ0n) is 44.4. The molecule has 0 bridgehead atoms. The number of ether oxygens (including phenoxy) is 10. The second-order valence-corrected chi connectivity index (χ2v) is 18.8. The summed E-state index contributed by atoms with van der Waals surface area (Å²) in [6.07, 6.45) is 18.1. The fourth-order valence-electron chi connectivity index (χ4n) is 12.0. The minimum atomic E-state index is -1.77. The van der Waals surface area contributed by atoms with E-state index in [9.17, 15) is 0 Å². The number of rotatable bonds is 34. The first-order chi connectivity index (χ1) is 33.6. The van der Waals surface area contributed by atoms with E-state index >= 15 is 0 Å². The molecule has 0 aromatic heterocycles. The Balaban J connectivity index is 2.33. The highest BCUT2D eigenvalue weighted by molar-refractivity contribution is 5.85. The van der Waals surface area contributed by atoms with E-state index in [-0.39, 0.29) is 0 Å². The van der Waals surface area contributed by atoms with Gasteiger partial charge in [0, 0.05) is 26.4 Å². The molecule has 2 aromatic rings. The van der Waals surface area contributed by atoms with Gasteiger partial charge in [-0.2, -0.15) is 0 Å². The van der Waals surface area contributed by atoms with Crippen molar-refractivity contribution in [2.45, 2.75) is 198 Å². The van der Waals surface area contributed by atoms with Crippen molar-refractivity contribution in [1.82, 2.24) is 0 Å². The lowest BCUT2D eigenvalue weighted by atomic mass is 9.45. The van der Waals surface area contributed by atoms with Crippen LogP contribution in [0.4, 0.5) is 0 Å². The van der Waals surface area contributed by atoms with Gasteiger partial charge in [0.2, 0.25) is 11.6 Å². The molecule has 10 heteroatoms. The minimum absolute atomic E-state index is 0.312. The Morgan fingerprint density at radius 3 is 1.01 bits per heavy atom. The third-order valence-corrected chi connectivity index (χ3v) is 14.1. The molecule has 10 nitrogen and oxygen atoms in total. The van der Waals surface area contributed by atoms with Crippen LogP contribution in [0.5, 0.6) is 0 Å². The summed E-state index contributed by atoms with van der Waals surface area (Å²) >= 11 is 0. The molecule has 2 aromatic carbocycles. The molecule has 0 radical (unpaired) electrons. The first kappa shape index (κ1) is 56.6. The molecule has 0 heterocycles. The zero-order chi connectivity index (χ0) is 50.1. The molecular formula is C59H90O10. The molecule has 5 rings (SSSR count). The molecule has 0 saturated carbocycles. The van der Waals surface area contributed by atoms with E-state index < -0.39 is 51.6 Å². The summed E-state index contributed by atoms with van der Waals surface area (Å²) < 4.78 is 76.4. The van der Waals surface area contributed by atoms with Crippen molar-refractivity contribution in [2.24, 2.45) is 0 Å². The van der Waals surface area contributed by atoms with Gasteiger partial charge in [-0.05, 0) is 111 Å². The van der Waals surface area contributed by atoms with Crippen LogP contribution >= 0.6 is 0 Å². The summed E-state index contributed by atoms with van der Waals surface area (Å²) in [5.41, 5.74) is -3.64. The zero-order valence-corrected chi connectivity index (χ0v) is 44.4. The number of hydrogen-bond donors (Lipinski definition) is 0. The smallest absolute Gasteiger partial charge is 0.237 e. The maximum atomic E-state index is 8.17. The van der Waals surface area contributed by atoms with Crippen LogP contribution in [0, 0.1) is 0 Å². The van der Waals surface area contributed by atoms with Gasteiger partial charge in [0.15, 0.2) is 34.6 Å². The lowest BCUT2D eigenvalue weighted by Gasteiger charge is -2.71. The molecule has 3 aliphatic rings. The Bertz CT molecular complexity index is 1790. The normalized spacial score (nSPS) is 27.2. The van der Waals surface area contributed by atoms with Gasteiger partial charge < -0.3 is 47.4 Å². The van der Waals surface area contributed by atoms with Crippen LogP contribution in [-0.4, -0.2) is 99.0 Å². The van der Waals surface area contributed by atoms with Gasteiger partial charge in [0.1, 0.15) is 0 Å². The van der Waals surface area contributed by atoms with Crippen molar-refractivity contribution in [3.8, 4) is 11.1 Å². The van der Waals surface area contributed by atoms with E-state index in [4.69, 9.17) is 47.4 Å². The van der Waals surface area contributed by atoms with Gasteiger partial charge in [-0.15, -0.1) is 0 Å². The first-order valence-electron chi connectivity index (χ1n) is 26.9. The molecule has 0 spiro atoms. The van der Waals surface area contributed by atoms with E-state index in [1.165, 1.54) is 12.5 Å². The summed E-state index contributed by atoms with van der Waals surface area (Å²) in [6, 6.07) is 17.4. The second kappa shape index (κ2) is 25.9. The summed E-state index contributed by atoms with van der Waals surface area (Å²) in [7, 11) is 0. The molecule has 6 atom stereocenters. The number of fused-ring (bicyclic) bond motifs is 3. The van der Waals surface area contributed by atoms with Gasteiger partial charge in [0.25, 0.3) is 0 Å². The Morgan fingerprint density at radius 2 is 0.710 bits per heavy atom. The van der Waals surface area contributed by atoms with Gasteiger partial charge in [-0.1, -0.05) is 144 Å². The van der Waals surface area contributed by atoms with Gasteiger partial charge in [-0.25, -0.2) is 0 Å². The van der Waals surface area contributed by atoms with Crippen LogP contribution in [-0.2, 0) is 52.8 Å². The van der Waals surface area contributed by atoms with E-state index in [0.717, 1.165) is 35.1 Å². The van der Waals surface area contributed by atoms with Crippen molar-refractivity contribution >= 4 is 0 Å². The van der Waals surface area contributed by atoms with E-state index in [0.29, 0.717) is 117 Å². The summed E-state index contributed by atoms with van der Waals surface area (Å²) in [5.74, 6) is -3.55. The molecule has 0 aliphatic heterocycles. The summed E-state index contributed by atoms with van der Waals surface area (Å²) in [4.78, 5) is 0. The van der Waals surface area contributed by atoms with Gasteiger partial charge in [0.05, 0.1) is 44.4 Å². The molecule has 3 aliphatic carbocycles. The molecular weight excluding hydrogens is 869 g/mol. The molecule has 0 fully saturated rings. The molecule has 0 N–H and O–H groups in total. The van der Waals surface area contributed by atoms with Crippen molar-refractivity contribution in [2.75, 3.05) is 52.9 Å². The Kier molecular flexibility index (Phi) is 21.2. The quantitative estimate of drug-likeness (QED) is 0.0384. The molecule has 0 amide bonds.